The molecule has 0 aliphatic rings. The van der Waals surface area contributed by atoms with Crippen LogP contribution in [-0.2, 0) is 6.54 Å². The molecule has 1 aromatic carbocycles. The number of anilines is 1. The van der Waals surface area contributed by atoms with Crippen LogP contribution in [0, 0.1) is 10.1 Å². The number of non-ortho nitro benzene ring substituents is 1. The van der Waals surface area contributed by atoms with Crippen LogP contribution in [0.3, 0.4) is 0 Å². The number of rotatable bonds is 4. The highest BCUT2D eigenvalue weighted by Gasteiger charge is 2.10. The SMILES string of the molecule is NCc1ccc(NC(=O)c2ccc([N+](=O)[O-])cc2)nc1. The Balaban J connectivity index is 2.08. The summed E-state index contributed by atoms with van der Waals surface area (Å²) in [5.74, 6) is 0.0125. The van der Waals surface area contributed by atoms with Gasteiger partial charge >= 0.3 is 0 Å². The molecular weight excluding hydrogens is 260 g/mol. The Bertz CT molecular complexity index is 623. The Morgan fingerprint density at radius 3 is 2.45 bits per heavy atom. The zero-order valence-corrected chi connectivity index (χ0v) is 10.4. The Hall–Kier alpha value is -2.80. The van der Waals surface area contributed by atoms with Crippen LogP contribution in [0.5, 0.6) is 0 Å². The lowest BCUT2D eigenvalue weighted by atomic mass is 10.2. The summed E-state index contributed by atoms with van der Waals surface area (Å²) >= 11 is 0. The number of amides is 1. The van der Waals surface area contributed by atoms with E-state index in [9.17, 15) is 14.9 Å². The summed E-state index contributed by atoms with van der Waals surface area (Å²) < 4.78 is 0. The van der Waals surface area contributed by atoms with Crippen molar-refractivity contribution in [3.05, 3.63) is 63.8 Å². The smallest absolute Gasteiger partial charge is 0.269 e. The predicted octanol–water partition coefficient (Wildman–Crippen LogP) is 1.70. The van der Waals surface area contributed by atoms with Gasteiger partial charge in [-0.25, -0.2) is 4.98 Å². The number of pyridine rings is 1. The molecular formula is C13H12N4O3. The maximum absolute atomic E-state index is 11.9. The van der Waals surface area contributed by atoms with Crippen LogP contribution in [0.25, 0.3) is 0 Å². The van der Waals surface area contributed by atoms with Crippen LogP contribution in [0.1, 0.15) is 15.9 Å². The average Bonchev–Trinajstić information content (AvgIpc) is 2.48. The van der Waals surface area contributed by atoms with Crippen molar-refractivity contribution in [1.82, 2.24) is 4.98 Å². The molecule has 0 bridgehead atoms. The zero-order chi connectivity index (χ0) is 14.5. The highest BCUT2D eigenvalue weighted by atomic mass is 16.6. The lowest BCUT2D eigenvalue weighted by Gasteiger charge is -2.05. The van der Waals surface area contributed by atoms with Crippen LogP contribution in [0.2, 0.25) is 0 Å². The summed E-state index contributed by atoms with van der Waals surface area (Å²) in [6.07, 6.45) is 1.57. The topological polar surface area (TPSA) is 111 Å². The van der Waals surface area contributed by atoms with E-state index >= 15 is 0 Å². The molecule has 7 nitrogen and oxygen atoms in total. The van der Waals surface area contributed by atoms with E-state index in [4.69, 9.17) is 5.73 Å². The monoisotopic (exact) mass is 272 g/mol. The van der Waals surface area contributed by atoms with Gasteiger partial charge in [0.25, 0.3) is 11.6 Å². The molecule has 102 valence electrons. The first-order chi connectivity index (χ1) is 9.60. The Morgan fingerprint density at radius 2 is 1.95 bits per heavy atom. The quantitative estimate of drug-likeness (QED) is 0.650. The van der Waals surface area contributed by atoms with Crippen LogP contribution in [-0.4, -0.2) is 15.8 Å². The molecule has 3 N–H and O–H groups in total. The normalized spacial score (nSPS) is 10.1. The lowest BCUT2D eigenvalue weighted by Crippen LogP contribution is -2.13. The number of nitrogens with two attached hydrogens (primary N) is 1. The first-order valence-electron chi connectivity index (χ1n) is 5.81. The molecule has 0 atom stereocenters. The number of hydrogen-bond acceptors (Lipinski definition) is 5. The van der Waals surface area contributed by atoms with Gasteiger partial charge in [0.2, 0.25) is 0 Å². The second-order valence-corrected chi connectivity index (χ2v) is 4.01. The molecule has 0 unspecified atom stereocenters. The van der Waals surface area contributed by atoms with Gasteiger partial charge < -0.3 is 11.1 Å². The van der Waals surface area contributed by atoms with Gasteiger partial charge in [0.1, 0.15) is 5.82 Å². The third-order valence-electron chi connectivity index (χ3n) is 2.64. The van der Waals surface area contributed by atoms with E-state index in [1.54, 1.807) is 18.3 Å². The van der Waals surface area contributed by atoms with Gasteiger partial charge in [-0.3, -0.25) is 14.9 Å². The third kappa shape index (κ3) is 3.15. The Kier molecular flexibility index (Phi) is 4.02. The highest BCUT2D eigenvalue weighted by molar-refractivity contribution is 6.03. The van der Waals surface area contributed by atoms with Crippen molar-refractivity contribution < 1.29 is 9.72 Å². The second kappa shape index (κ2) is 5.89. The van der Waals surface area contributed by atoms with Crippen molar-refractivity contribution in [2.45, 2.75) is 6.54 Å². The summed E-state index contributed by atoms with van der Waals surface area (Å²) in [4.78, 5) is 25.9. The molecule has 0 saturated heterocycles. The fourth-order valence-electron chi connectivity index (χ4n) is 1.54. The number of benzene rings is 1. The maximum Gasteiger partial charge on any atom is 0.269 e. The minimum atomic E-state index is -0.519. The first kappa shape index (κ1) is 13.6. The van der Waals surface area contributed by atoms with Crippen molar-refractivity contribution in [3.63, 3.8) is 0 Å². The van der Waals surface area contributed by atoms with E-state index < -0.39 is 4.92 Å². The van der Waals surface area contributed by atoms with Gasteiger partial charge in [-0.2, -0.15) is 0 Å². The van der Waals surface area contributed by atoms with Crippen molar-refractivity contribution in [2.75, 3.05) is 5.32 Å². The van der Waals surface area contributed by atoms with Crippen LogP contribution in [0.4, 0.5) is 11.5 Å². The Labute approximate surface area is 114 Å². The molecule has 2 rings (SSSR count). The minimum Gasteiger partial charge on any atom is -0.326 e. The summed E-state index contributed by atoms with van der Waals surface area (Å²) in [5, 5.41) is 13.1. The van der Waals surface area contributed by atoms with E-state index in [0.29, 0.717) is 17.9 Å². The summed E-state index contributed by atoms with van der Waals surface area (Å²) in [6, 6.07) is 8.74. The molecule has 7 heteroatoms. The van der Waals surface area contributed by atoms with E-state index in [0.717, 1.165) is 5.56 Å². The molecule has 2 aromatic rings. The lowest BCUT2D eigenvalue weighted by molar-refractivity contribution is -0.384. The molecule has 0 fully saturated rings. The number of carbonyl (C=O) groups is 1. The molecule has 0 saturated carbocycles. The van der Waals surface area contributed by atoms with Crippen molar-refractivity contribution in [2.24, 2.45) is 5.73 Å². The third-order valence-corrected chi connectivity index (χ3v) is 2.64. The van der Waals surface area contributed by atoms with Crippen LogP contribution < -0.4 is 11.1 Å². The van der Waals surface area contributed by atoms with E-state index in [2.05, 4.69) is 10.3 Å². The van der Waals surface area contributed by atoms with Crippen molar-refractivity contribution in [1.29, 1.82) is 0 Å². The number of nitrogens with zero attached hydrogens (tertiary/aromatic N) is 2. The highest BCUT2D eigenvalue weighted by Crippen LogP contribution is 2.13. The van der Waals surface area contributed by atoms with Crippen molar-refractivity contribution >= 4 is 17.4 Å². The number of hydrogen-bond donors (Lipinski definition) is 2. The summed E-state index contributed by atoms with van der Waals surface area (Å²) in [6.45, 7) is 0.379. The fourth-order valence-corrected chi connectivity index (χ4v) is 1.54. The van der Waals surface area contributed by atoms with Gasteiger partial charge in [-0.1, -0.05) is 6.07 Å². The van der Waals surface area contributed by atoms with Gasteiger partial charge in [0.15, 0.2) is 0 Å². The second-order valence-electron chi connectivity index (χ2n) is 4.01. The summed E-state index contributed by atoms with van der Waals surface area (Å²) in [5.41, 5.74) is 6.56. The van der Waals surface area contributed by atoms with Crippen molar-refractivity contribution in [3.8, 4) is 0 Å². The Morgan fingerprint density at radius 1 is 1.25 bits per heavy atom. The first-order valence-corrected chi connectivity index (χ1v) is 5.81. The van der Waals surface area contributed by atoms with E-state index in [-0.39, 0.29) is 11.6 Å². The molecule has 1 heterocycles. The van der Waals surface area contributed by atoms with Gasteiger partial charge in [-0.05, 0) is 23.8 Å². The predicted molar refractivity (Wildman–Crippen MR) is 73.2 cm³/mol. The number of nitro benzene ring substituents is 1. The molecule has 1 amide bonds. The molecule has 0 spiro atoms. The molecule has 1 aromatic heterocycles. The number of aromatic nitrogens is 1. The number of nitro groups is 1. The maximum atomic E-state index is 11.9. The van der Waals surface area contributed by atoms with E-state index in [1.807, 2.05) is 0 Å². The standard InChI is InChI=1S/C13H12N4O3/c14-7-9-1-6-12(15-8-9)16-13(18)10-2-4-11(5-3-10)17(19)20/h1-6,8H,7,14H2,(H,15,16,18). The number of nitrogens with one attached hydrogen (secondary N) is 1. The molecule has 20 heavy (non-hydrogen) atoms. The van der Waals surface area contributed by atoms with E-state index in [1.165, 1.54) is 24.3 Å². The minimum absolute atomic E-state index is 0.0630. The van der Waals surface area contributed by atoms with Crippen LogP contribution in [0.15, 0.2) is 42.6 Å². The van der Waals surface area contributed by atoms with Gasteiger partial charge in [0.05, 0.1) is 4.92 Å². The fraction of sp³-hybridized carbons (Fsp3) is 0.0769. The molecule has 0 radical (unpaired) electrons. The summed E-state index contributed by atoms with van der Waals surface area (Å²) in [7, 11) is 0. The molecule has 0 aliphatic heterocycles. The van der Waals surface area contributed by atoms with Gasteiger partial charge in [0, 0.05) is 30.4 Å². The van der Waals surface area contributed by atoms with Crippen LogP contribution >= 0.6 is 0 Å². The average molecular weight is 272 g/mol. The number of carbonyl (C=O) groups excluding carboxylic acids is 1. The zero-order valence-electron chi connectivity index (χ0n) is 10.4. The largest absolute Gasteiger partial charge is 0.326 e. The molecule has 0 aliphatic carbocycles. The van der Waals surface area contributed by atoms with Gasteiger partial charge in [-0.15, -0.1) is 0 Å².